The Labute approximate surface area is 204 Å². The van der Waals surface area contributed by atoms with Crippen LogP contribution < -0.4 is 14.8 Å². The first-order valence-electron chi connectivity index (χ1n) is 13.4. The van der Waals surface area contributed by atoms with E-state index in [1.807, 2.05) is 0 Å². The molecule has 34 heavy (non-hydrogen) atoms. The van der Waals surface area contributed by atoms with Gasteiger partial charge in [-0.1, -0.05) is 12.8 Å². The molecule has 2 saturated heterocycles. The SMILES string of the molecule is COc1cc2c(C3CCN(C)CC3)nc(NC3CCCC3)nc2cc1OCCCN1CCCC1. The van der Waals surface area contributed by atoms with Crippen molar-refractivity contribution in [2.24, 2.45) is 0 Å². The van der Waals surface area contributed by atoms with Crippen molar-refractivity contribution in [2.45, 2.75) is 69.7 Å². The summed E-state index contributed by atoms with van der Waals surface area (Å²) >= 11 is 0. The molecule has 5 rings (SSSR count). The van der Waals surface area contributed by atoms with Crippen molar-refractivity contribution in [1.29, 1.82) is 0 Å². The topological polar surface area (TPSA) is 62.8 Å². The van der Waals surface area contributed by atoms with Crippen molar-refractivity contribution in [1.82, 2.24) is 19.8 Å². The van der Waals surface area contributed by atoms with Crippen LogP contribution in [0.25, 0.3) is 10.9 Å². The lowest BCUT2D eigenvalue weighted by Gasteiger charge is -2.29. The smallest absolute Gasteiger partial charge is 0.223 e. The fraction of sp³-hybridized carbons (Fsp3) is 0.704. The molecule has 2 aromatic rings. The van der Waals surface area contributed by atoms with Gasteiger partial charge in [0.15, 0.2) is 11.5 Å². The number of fused-ring (bicyclic) bond motifs is 1. The largest absolute Gasteiger partial charge is 0.493 e. The van der Waals surface area contributed by atoms with E-state index in [1.54, 1.807) is 7.11 Å². The number of rotatable bonds is 9. The third kappa shape index (κ3) is 5.57. The summed E-state index contributed by atoms with van der Waals surface area (Å²) in [6.45, 7) is 6.47. The van der Waals surface area contributed by atoms with Crippen molar-refractivity contribution in [3.8, 4) is 11.5 Å². The Morgan fingerprint density at radius 2 is 1.71 bits per heavy atom. The van der Waals surface area contributed by atoms with Gasteiger partial charge in [-0.15, -0.1) is 0 Å². The number of methoxy groups -OCH3 is 1. The van der Waals surface area contributed by atoms with Crippen molar-refractivity contribution in [3.05, 3.63) is 17.8 Å². The highest BCUT2D eigenvalue weighted by atomic mass is 16.5. The highest BCUT2D eigenvalue weighted by molar-refractivity contribution is 5.86. The van der Waals surface area contributed by atoms with Crippen LogP contribution in [0.15, 0.2) is 12.1 Å². The van der Waals surface area contributed by atoms with Crippen LogP contribution in [0, 0.1) is 0 Å². The van der Waals surface area contributed by atoms with E-state index < -0.39 is 0 Å². The van der Waals surface area contributed by atoms with Crippen molar-refractivity contribution >= 4 is 16.9 Å². The highest BCUT2D eigenvalue weighted by Crippen LogP contribution is 2.38. The Morgan fingerprint density at radius 1 is 0.941 bits per heavy atom. The van der Waals surface area contributed by atoms with E-state index in [0.29, 0.717) is 18.6 Å². The molecule has 3 aliphatic rings. The number of nitrogens with zero attached hydrogens (tertiary/aromatic N) is 4. The molecule has 1 N–H and O–H groups in total. The lowest BCUT2D eigenvalue weighted by molar-refractivity contribution is 0.253. The maximum atomic E-state index is 6.23. The second kappa shape index (κ2) is 11.1. The van der Waals surface area contributed by atoms with Gasteiger partial charge in [-0.05, 0) is 84.2 Å². The number of ether oxygens (including phenoxy) is 2. The quantitative estimate of drug-likeness (QED) is 0.538. The summed E-state index contributed by atoms with van der Waals surface area (Å²) in [6.07, 6.45) is 10.9. The van der Waals surface area contributed by atoms with Crippen LogP contribution in [0.1, 0.15) is 69.4 Å². The van der Waals surface area contributed by atoms with Gasteiger partial charge >= 0.3 is 0 Å². The predicted octanol–water partition coefficient (Wildman–Crippen LogP) is 4.67. The number of anilines is 1. The fourth-order valence-electron chi connectivity index (χ4n) is 5.82. The van der Waals surface area contributed by atoms with Gasteiger partial charge in [-0.2, -0.15) is 0 Å². The standard InChI is InChI=1S/C27H41N5O2/c1-31-15-10-20(11-16-31)26-22-18-24(33-2)25(34-17-7-14-32-12-5-6-13-32)19-23(22)29-27(30-26)28-21-8-3-4-9-21/h18-21H,3-17H2,1-2H3,(H,28,29,30). The third-order valence-electron chi connectivity index (χ3n) is 7.88. The molecule has 0 bridgehead atoms. The van der Waals surface area contributed by atoms with E-state index in [4.69, 9.17) is 19.4 Å². The van der Waals surface area contributed by atoms with Gasteiger partial charge < -0.3 is 24.6 Å². The van der Waals surface area contributed by atoms with E-state index in [0.717, 1.165) is 72.9 Å². The Bertz CT molecular complexity index is 948. The highest BCUT2D eigenvalue weighted by Gasteiger charge is 2.25. The van der Waals surface area contributed by atoms with Crippen LogP contribution in [0.4, 0.5) is 5.95 Å². The zero-order chi connectivity index (χ0) is 23.3. The molecule has 0 atom stereocenters. The summed E-state index contributed by atoms with van der Waals surface area (Å²) in [7, 11) is 3.93. The lowest BCUT2D eigenvalue weighted by Crippen LogP contribution is -2.30. The van der Waals surface area contributed by atoms with Crippen LogP contribution in [0.2, 0.25) is 0 Å². The molecule has 0 amide bonds. The van der Waals surface area contributed by atoms with Crippen molar-refractivity contribution in [3.63, 3.8) is 0 Å². The minimum atomic E-state index is 0.447. The van der Waals surface area contributed by atoms with Gasteiger partial charge in [0, 0.05) is 30.0 Å². The molecule has 3 heterocycles. The monoisotopic (exact) mass is 467 g/mol. The molecule has 1 aliphatic carbocycles. The molecular weight excluding hydrogens is 426 g/mol. The predicted molar refractivity (Wildman–Crippen MR) is 137 cm³/mol. The van der Waals surface area contributed by atoms with Gasteiger partial charge in [-0.3, -0.25) is 0 Å². The summed E-state index contributed by atoms with van der Waals surface area (Å²) in [4.78, 5) is 15.0. The van der Waals surface area contributed by atoms with Gasteiger partial charge in [-0.25, -0.2) is 9.97 Å². The van der Waals surface area contributed by atoms with Crippen LogP contribution in [0.5, 0.6) is 11.5 Å². The average Bonchev–Trinajstić information content (AvgIpc) is 3.56. The van der Waals surface area contributed by atoms with E-state index >= 15 is 0 Å². The number of nitrogens with one attached hydrogen (secondary N) is 1. The van der Waals surface area contributed by atoms with E-state index in [9.17, 15) is 0 Å². The molecule has 0 unspecified atom stereocenters. The first kappa shape index (κ1) is 23.6. The Balaban J connectivity index is 1.40. The van der Waals surface area contributed by atoms with Crippen LogP contribution in [-0.4, -0.2) is 79.3 Å². The number of hydrogen-bond donors (Lipinski definition) is 1. The molecule has 2 aliphatic heterocycles. The molecule has 7 heteroatoms. The first-order valence-corrected chi connectivity index (χ1v) is 13.4. The Morgan fingerprint density at radius 3 is 2.44 bits per heavy atom. The second-order valence-electron chi connectivity index (χ2n) is 10.4. The lowest BCUT2D eigenvalue weighted by atomic mass is 9.91. The molecule has 1 saturated carbocycles. The fourth-order valence-corrected chi connectivity index (χ4v) is 5.82. The summed E-state index contributed by atoms with van der Waals surface area (Å²) in [5.41, 5.74) is 2.12. The summed E-state index contributed by atoms with van der Waals surface area (Å²) in [5, 5.41) is 4.75. The van der Waals surface area contributed by atoms with Crippen LogP contribution >= 0.6 is 0 Å². The number of benzene rings is 1. The molecule has 0 radical (unpaired) electrons. The van der Waals surface area contributed by atoms with Gasteiger partial charge in [0.2, 0.25) is 5.95 Å². The molecule has 1 aromatic heterocycles. The molecule has 1 aromatic carbocycles. The van der Waals surface area contributed by atoms with Gasteiger partial charge in [0.25, 0.3) is 0 Å². The third-order valence-corrected chi connectivity index (χ3v) is 7.88. The molecule has 0 spiro atoms. The number of hydrogen-bond acceptors (Lipinski definition) is 7. The maximum absolute atomic E-state index is 6.23. The second-order valence-corrected chi connectivity index (χ2v) is 10.4. The zero-order valence-corrected chi connectivity index (χ0v) is 21.0. The van der Waals surface area contributed by atoms with Crippen molar-refractivity contribution < 1.29 is 9.47 Å². The summed E-state index contributed by atoms with van der Waals surface area (Å²) < 4.78 is 12.0. The summed E-state index contributed by atoms with van der Waals surface area (Å²) in [6, 6.07) is 4.67. The minimum absolute atomic E-state index is 0.447. The first-order chi connectivity index (χ1) is 16.7. The van der Waals surface area contributed by atoms with E-state index in [2.05, 4.69) is 34.3 Å². The number of aromatic nitrogens is 2. The van der Waals surface area contributed by atoms with Gasteiger partial charge in [0.05, 0.1) is 24.9 Å². The normalized spacial score (nSPS) is 20.9. The number of likely N-dealkylation sites (tertiary alicyclic amines) is 2. The zero-order valence-electron chi connectivity index (χ0n) is 21.0. The molecule has 7 nitrogen and oxygen atoms in total. The Hall–Kier alpha value is -2.12. The maximum Gasteiger partial charge on any atom is 0.223 e. The average molecular weight is 468 g/mol. The van der Waals surface area contributed by atoms with E-state index in [1.165, 1.54) is 51.6 Å². The van der Waals surface area contributed by atoms with Gasteiger partial charge in [0.1, 0.15) is 0 Å². The van der Waals surface area contributed by atoms with Crippen molar-refractivity contribution in [2.75, 3.05) is 58.8 Å². The number of piperidine rings is 1. The molecule has 186 valence electrons. The van der Waals surface area contributed by atoms with Crippen LogP contribution in [-0.2, 0) is 0 Å². The van der Waals surface area contributed by atoms with Crippen LogP contribution in [0.3, 0.4) is 0 Å². The summed E-state index contributed by atoms with van der Waals surface area (Å²) in [5.74, 6) is 2.79. The molecular formula is C27H41N5O2. The Kier molecular flexibility index (Phi) is 7.70. The van der Waals surface area contributed by atoms with E-state index in [-0.39, 0.29) is 0 Å². The molecule has 3 fully saturated rings. The minimum Gasteiger partial charge on any atom is -0.493 e.